The summed E-state index contributed by atoms with van der Waals surface area (Å²) in [6, 6.07) is 15.2. The van der Waals surface area contributed by atoms with E-state index >= 15 is 0 Å². The second-order valence-electron chi connectivity index (χ2n) is 10.7. The Morgan fingerprint density at radius 2 is 1.79 bits per heavy atom. The molecule has 0 aliphatic carbocycles. The minimum absolute atomic E-state index is 0.0269. The van der Waals surface area contributed by atoms with Gasteiger partial charge in [-0.05, 0) is 65.9 Å². The number of aromatic hydroxyl groups is 3. The molecule has 39 heavy (non-hydrogen) atoms. The van der Waals surface area contributed by atoms with Crippen molar-refractivity contribution in [1.82, 2.24) is 0 Å². The molecule has 206 valence electrons. The molecule has 0 spiro atoms. The van der Waals surface area contributed by atoms with Gasteiger partial charge in [0.2, 0.25) is 0 Å². The molecule has 5 N–H and O–H groups in total. The molecule has 8 nitrogen and oxygen atoms in total. The number of hydrogen-bond donors (Lipinski definition) is 5. The molecule has 0 bridgehead atoms. The van der Waals surface area contributed by atoms with Crippen molar-refractivity contribution >= 4 is 11.5 Å². The summed E-state index contributed by atoms with van der Waals surface area (Å²) in [6.45, 7) is 1.97. The highest BCUT2D eigenvalue weighted by Crippen LogP contribution is 2.53. The lowest BCUT2D eigenvalue weighted by atomic mass is 9.89. The van der Waals surface area contributed by atoms with Crippen molar-refractivity contribution in [2.24, 2.45) is 0 Å². The number of phenolic OH excluding ortho intramolecular Hbond substituents is 3. The number of phenols is 3. The number of ether oxygens (including phenoxy) is 1. The van der Waals surface area contributed by atoms with Gasteiger partial charge in [-0.15, -0.1) is 0 Å². The van der Waals surface area contributed by atoms with Gasteiger partial charge >= 0.3 is 0 Å². The van der Waals surface area contributed by atoms with E-state index in [9.17, 15) is 30.3 Å². The van der Waals surface area contributed by atoms with Crippen LogP contribution in [0.2, 0.25) is 0 Å². The standard InChI is InChI=1S/C31H35NO7/c1-2-3-5-20-13-28(36)25(29(37)14-20)17-32-27-9-8-21(18-33)12-26(27)31(38)16-24(39-30(31)32)15-23(35)11-19-6-4-7-22(34)10-19/h4,6-10,12-14,24,30,33-34,36-38H,2-3,5,11,15-18H2,1H3/t24-,30?,31-/m1/s1. The van der Waals surface area contributed by atoms with Gasteiger partial charge in [-0.3, -0.25) is 4.79 Å². The highest BCUT2D eigenvalue weighted by atomic mass is 16.5. The average molecular weight is 534 g/mol. The van der Waals surface area contributed by atoms with Gasteiger partial charge in [0.25, 0.3) is 0 Å². The molecular formula is C31H35NO7. The van der Waals surface area contributed by atoms with Crippen LogP contribution in [0.5, 0.6) is 17.2 Å². The van der Waals surface area contributed by atoms with E-state index in [2.05, 4.69) is 6.92 Å². The minimum atomic E-state index is -1.44. The van der Waals surface area contributed by atoms with Crippen molar-refractivity contribution in [3.63, 3.8) is 0 Å². The van der Waals surface area contributed by atoms with Gasteiger partial charge in [-0.25, -0.2) is 0 Å². The van der Waals surface area contributed by atoms with Crippen LogP contribution < -0.4 is 4.90 Å². The van der Waals surface area contributed by atoms with E-state index in [4.69, 9.17) is 4.74 Å². The third-order valence-electron chi connectivity index (χ3n) is 7.75. The Kier molecular flexibility index (Phi) is 7.53. The summed E-state index contributed by atoms with van der Waals surface area (Å²) in [6.07, 6.45) is 1.68. The molecule has 1 fully saturated rings. The predicted molar refractivity (Wildman–Crippen MR) is 146 cm³/mol. The quantitative estimate of drug-likeness (QED) is 0.263. The number of carbonyl (C=O) groups excluding carboxylic acids is 1. The Hall–Kier alpha value is -3.59. The maximum Gasteiger partial charge on any atom is 0.164 e. The van der Waals surface area contributed by atoms with Crippen LogP contribution in [0.4, 0.5) is 5.69 Å². The Morgan fingerprint density at radius 3 is 2.49 bits per heavy atom. The van der Waals surface area contributed by atoms with Gasteiger partial charge in [0.15, 0.2) is 6.23 Å². The first-order valence-corrected chi connectivity index (χ1v) is 13.4. The maximum absolute atomic E-state index is 12.9. The van der Waals surface area contributed by atoms with Crippen LogP contribution in [-0.4, -0.2) is 43.6 Å². The first-order valence-electron chi connectivity index (χ1n) is 13.4. The van der Waals surface area contributed by atoms with Gasteiger partial charge in [-0.2, -0.15) is 0 Å². The number of hydrogen-bond acceptors (Lipinski definition) is 8. The molecule has 5 rings (SSSR count). The molecule has 3 atom stereocenters. The zero-order chi connectivity index (χ0) is 27.7. The van der Waals surface area contributed by atoms with Crippen molar-refractivity contribution in [3.8, 4) is 17.2 Å². The van der Waals surface area contributed by atoms with Gasteiger partial charge in [0, 0.05) is 30.5 Å². The summed E-state index contributed by atoms with van der Waals surface area (Å²) in [5, 5.41) is 53.0. The van der Waals surface area contributed by atoms with Crippen molar-refractivity contribution in [1.29, 1.82) is 0 Å². The number of Topliss-reactive ketones (excluding diaryl/α,β-unsaturated/α-hetero) is 1. The number of fused-ring (bicyclic) bond motifs is 3. The molecule has 0 saturated carbocycles. The number of ketones is 1. The number of nitrogens with zero attached hydrogens (tertiary/aromatic N) is 1. The molecule has 1 saturated heterocycles. The fourth-order valence-corrected chi connectivity index (χ4v) is 5.83. The molecular weight excluding hydrogens is 498 g/mol. The summed E-state index contributed by atoms with van der Waals surface area (Å²) < 4.78 is 6.30. The zero-order valence-corrected chi connectivity index (χ0v) is 22.0. The Balaban J connectivity index is 1.41. The third kappa shape index (κ3) is 5.32. The summed E-state index contributed by atoms with van der Waals surface area (Å²) in [7, 11) is 0. The van der Waals surface area contributed by atoms with Crippen LogP contribution in [-0.2, 0) is 41.1 Å². The highest BCUT2D eigenvalue weighted by molar-refractivity contribution is 5.81. The van der Waals surface area contributed by atoms with E-state index in [1.165, 1.54) is 0 Å². The molecule has 3 aromatic rings. The van der Waals surface area contributed by atoms with Crippen molar-refractivity contribution in [2.75, 3.05) is 4.90 Å². The summed E-state index contributed by atoms with van der Waals surface area (Å²) in [4.78, 5) is 14.7. The van der Waals surface area contributed by atoms with Crippen LogP contribution in [0.1, 0.15) is 60.4 Å². The largest absolute Gasteiger partial charge is 0.508 e. The molecule has 2 heterocycles. The Bertz CT molecular complexity index is 1350. The Morgan fingerprint density at radius 1 is 1.03 bits per heavy atom. The van der Waals surface area contributed by atoms with Crippen molar-refractivity contribution in [3.05, 3.63) is 82.4 Å². The number of anilines is 1. The maximum atomic E-state index is 12.9. The molecule has 1 unspecified atom stereocenters. The lowest BCUT2D eigenvalue weighted by molar-refractivity contribution is -0.121. The number of aliphatic hydroxyl groups is 2. The summed E-state index contributed by atoms with van der Waals surface area (Å²) in [5.74, 6) is -0.0390. The summed E-state index contributed by atoms with van der Waals surface area (Å²) in [5.41, 5.74) is 2.33. The lowest BCUT2D eigenvalue weighted by Crippen LogP contribution is -2.41. The predicted octanol–water partition coefficient (Wildman–Crippen LogP) is 4.16. The molecule has 0 radical (unpaired) electrons. The van der Waals surface area contributed by atoms with E-state index in [-0.39, 0.29) is 55.4 Å². The fourth-order valence-electron chi connectivity index (χ4n) is 5.83. The van der Waals surface area contributed by atoms with Crippen LogP contribution in [0.25, 0.3) is 0 Å². The van der Waals surface area contributed by atoms with E-state index in [1.807, 2.05) is 0 Å². The number of aliphatic hydroxyl groups excluding tert-OH is 1. The van der Waals surface area contributed by atoms with Crippen LogP contribution >= 0.6 is 0 Å². The second-order valence-corrected chi connectivity index (χ2v) is 10.7. The minimum Gasteiger partial charge on any atom is -0.508 e. The zero-order valence-electron chi connectivity index (χ0n) is 22.0. The van der Waals surface area contributed by atoms with E-state index in [1.54, 1.807) is 59.5 Å². The van der Waals surface area contributed by atoms with E-state index < -0.39 is 17.9 Å². The molecule has 0 amide bonds. The number of aryl methyl sites for hydroxylation is 1. The van der Waals surface area contributed by atoms with Gasteiger partial charge in [0.1, 0.15) is 28.6 Å². The monoisotopic (exact) mass is 533 g/mol. The van der Waals surface area contributed by atoms with Crippen molar-refractivity contribution in [2.45, 2.75) is 76.5 Å². The second kappa shape index (κ2) is 10.9. The number of benzene rings is 3. The van der Waals surface area contributed by atoms with Gasteiger partial charge in [0.05, 0.1) is 24.8 Å². The molecule has 3 aromatic carbocycles. The average Bonchev–Trinajstić information content (AvgIpc) is 3.33. The summed E-state index contributed by atoms with van der Waals surface area (Å²) >= 11 is 0. The lowest BCUT2D eigenvalue weighted by Gasteiger charge is -2.29. The third-order valence-corrected chi connectivity index (χ3v) is 7.75. The van der Waals surface area contributed by atoms with Crippen LogP contribution in [0, 0.1) is 0 Å². The Labute approximate surface area is 227 Å². The van der Waals surface area contributed by atoms with E-state index in [0.717, 1.165) is 24.8 Å². The highest BCUT2D eigenvalue weighted by Gasteiger charge is 2.57. The van der Waals surface area contributed by atoms with Crippen molar-refractivity contribution < 1.29 is 35.1 Å². The molecule has 8 heteroatoms. The van der Waals surface area contributed by atoms with E-state index in [0.29, 0.717) is 27.9 Å². The number of carbonyl (C=O) groups is 1. The smallest absolute Gasteiger partial charge is 0.164 e. The van der Waals surface area contributed by atoms with Gasteiger partial charge in [-0.1, -0.05) is 31.5 Å². The van der Waals surface area contributed by atoms with Crippen LogP contribution in [0.15, 0.2) is 54.6 Å². The number of unbranched alkanes of at least 4 members (excludes halogenated alkanes) is 1. The first-order chi connectivity index (χ1) is 18.7. The fraction of sp³-hybridized carbons (Fsp3) is 0.387. The van der Waals surface area contributed by atoms with Crippen LogP contribution in [0.3, 0.4) is 0 Å². The number of rotatable bonds is 10. The SMILES string of the molecule is CCCCc1cc(O)c(CN2c3ccc(CO)cc3[C@]3(O)C[C@@H](CC(=O)Cc4cccc(O)c4)OC23)c(O)c1. The molecule has 0 aromatic heterocycles. The molecule has 2 aliphatic rings. The normalized spacial score (nSPS) is 21.7. The first kappa shape index (κ1) is 27.0. The molecule has 2 aliphatic heterocycles. The van der Waals surface area contributed by atoms with Gasteiger partial charge < -0.3 is 35.2 Å². The topological polar surface area (TPSA) is 131 Å².